The molecule has 0 bridgehead atoms. The Morgan fingerprint density at radius 3 is 2.80 bits per heavy atom. The second kappa shape index (κ2) is 9.88. The topological polar surface area (TPSA) is 87.7 Å². The lowest BCUT2D eigenvalue weighted by atomic mass is 10.1. The van der Waals surface area contributed by atoms with Crippen molar-refractivity contribution in [1.82, 2.24) is 5.32 Å². The van der Waals surface area contributed by atoms with Crippen molar-refractivity contribution in [3.8, 4) is 0 Å². The van der Waals surface area contributed by atoms with Crippen LogP contribution in [0.2, 0.25) is 4.34 Å². The van der Waals surface area contributed by atoms with Crippen molar-refractivity contribution in [2.75, 3.05) is 30.0 Å². The molecule has 9 heteroatoms. The van der Waals surface area contributed by atoms with E-state index in [2.05, 4.69) is 17.2 Å². The predicted molar refractivity (Wildman–Crippen MR) is 118 cm³/mol. The number of ether oxygens (including phenoxy) is 1. The van der Waals surface area contributed by atoms with Gasteiger partial charge in [0.1, 0.15) is 12.6 Å². The molecular weight excluding hydrogens is 426 g/mol. The van der Waals surface area contributed by atoms with E-state index in [9.17, 15) is 14.4 Å². The SMILES string of the molecule is C=CCC(NC(=O)c1ccc(Cl)s1)C(=O)Nc1ccc(N2CCOCC2=O)c(C)c1. The van der Waals surface area contributed by atoms with Crippen LogP contribution in [0.5, 0.6) is 0 Å². The highest BCUT2D eigenvalue weighted by atomic mass is 35.5. The third-order valence-electron chi connectivity index (χ3n) is 4.56. The van der Waals surface area contributed by atoms with Gasteiger partial charge < -0.3 is 20.3 Å². The minimum Gasteiger partial charge on any atom is -0.370 e. The number of aryl methyl sites for hydroxylation is 1. The number of carbonyl (C=O) groups excluding carboxylic acids is 3. The Hall–Kier alpha value is -2.68. The lowest BCUT2D eigenvalue weighted by Gasteiger charge is -2.28. The maximum Gasteiger partial charge on any atom is 0.262 e. The molecule has 1 unspecified atom stereocenters. The second-order valence-electron chi connectivity index (χ2n) is 6.74. The largest absolute Gasteiger partial charge is 0.370 e. The number of morpholine rings is 1. The van der Waals surface area contributed by atoms with Crippen molar-refractivity contribution in [2.24, 2.45) is 0 Å². The van der Waals surface area contributed by atoms with Gasteiger partial charge in [-0.1, -0.05) is 17.7 Å². The summed E-state index contributed by atoms with van der Waals surface area (Å²) in [5.74, 6) is -0.824. The summed E-state index contributed by atoms with van der Waals surface area (Å²) in [6.45, 7) is 6.58. The number of hydrogen-bond acceptors (Lipinski definition) is 5. The Morgan fingerprint density at radius 1 is 1.37 bits per heavy atom. The van der Waals surface area contributed by atoms with E-state index in [1.165, 1.54) is 0 Å². The molecule has 3 amide bonds. The first-order chi connectivity index (χ1) is 14.4. The summed E-state index contributed by atoms with van der Waals surface area (Å²) < 4.78 is 5.67. The molecule has 0 saturated carbocycles. The van der Waals surface area contributed by atoms with Gasteiger partial charge in [-0.2, -0.15) is 0 Å². The summed E-state index contributed by atoms with van der Waals surface area (Å²) >= 11 is 7.02. The van der Waals surface area contributed by atoms with E-state index in [0.717, 1.165) is 22.6 Å². The van der Waals surface area contributed by atoms with Crippen molar-refractivity contribution in [1.29, 1.82) is 0 Å². The number of nitrogens with one attached hydrogen (secondary N) is 2. The van der Waals surface area contributed by atoms with E-state index in [1.54, 1.807) is 41.3 Å². The van der Waals surface area contributed by atoms with E-state index in [4.69, 9.17) is 16.3 Å². The molecule has 2 aromatic rings. The number of nitrogens with zero attached hydrogens (tertiary/aromatic N) is 1. The molecule has 1 aliphatic rings. The fourth-order valence-corrected chi connectivity index (χ4v) is 4.05. The van der Waals surface area contributed by atoms with Crippen LogP contribution in [-0.2, 0) is 14.3 Å². The molecule has 3 rings (SSSR count). The van der Waals surface area contributed by atoms with Gasteiger partial charge in [0, 0.05) is 17.9 Å². The number of benzene rings is 1. The van der Waals surface area contributed by atoms with Gasteiger partial charge in [0.25, 0.3) is 11.8 Å². The molecule has 2 N–H and O–H groups in total. The van der Waals surface area contributed by atoms with Crippen LogP contribution >= 0.6 is 22.9 Å². The Balaban J connectivity index is 1.69. The molecular formula is C21H22ClN3O4S. The first kappa shape index (κ1) is 22.0. The number of carbonyl (C=O) groups is 3. The van der Waals surface area contributed by atoms with Gasteiger partial charge >= 0.3 is 0 Å². The number of rotatable bonds is 7. The van der Waals surface area contributed by atoms with Crippen LogP contribution in [0.4, 0.5) is 11.4 Å². The maximum absolute atomic E-state index is 12.7. The number of halogens is 1. The Bertz CT molecular complexity index is 975. The molecule has 2 heterocycles. The zero-order valence-electron chi connectivity index (χ0n) is 16.4. The van der Waals surface area contributed by atoms with Crippen LogP contribution < -0.4 is 15.5 Å². The predicted octanol–water partition coefficient (Wildman–Crippen LogP) is 3.39. The molecule has 1 fully saturated rings. The minimum atomic E-state index is -0.781. The fourth-order valence-electron chi connectivity index (χ4n) is 3.10. The Labute approximate surface area is 183 Å². The number of anilines is 2. The summed E-state index contributed by atoms with van der Waals surface area (Å²) in [5.41, 5.74) is 2.21. The van der Waals surface area contributed by atoms with Crippen molar-refractivity contribution >= 4 is 52.0 Å². The number of thiophene rings is 1. The van der Waals surface area contributed by atoms with Gasteiger partial charge in [0.05, 0.1) is 15.8 Å². The highest BCUT2D eigenvalue weighted by Crippen LogP contribution is 2.25. The molecule has 1 atom stereocenters. The fraction of sp³-hybridized carbons (Fsp3) is 0.286. The normalized spacial score (nSPS) is 14.9. The molecule has 30 heavy (non-hydrogen) atoms. The average Bonchev–Trinajstić information content (AvgIpc) is 3.15. The smallest absolute Gasteiger partial charge is 0.262 e. The van der Waals surface area contributed by atoms with E-state index in [0.29, 0.717) is 28.1 Å². The highest BCUT2D eigenvalue weighted by molar-refractivity contribution is 7.18. The second-order valence-corrected chi connectivity index (χ2v) is 8.46. The summed E-state index contributed by atoms with van der Waals surface area (Å²) in [6.07, 6.45) is 1.85. The Kier molecular flexibility index (Phi) is 7.25. The van der Waals surface area contributed by atoms with Crippen molar-refractivity contribution in [3.63, 3.8) is 0 Å². The van der Waals surface area contributed by atoms with Gasteiger partial charge in [-0.25, -0.2) is 0 Å². The highest BCUT2D eigenvalue weighted by Gasteiger charge is 2.23. The monoisotopic (exact) mass is 447 g/mol. The maximum atomic E-state index is 12.7. The number of hydrogen-bond donors (Lipinski definition) is 2. The molecule has 0 radical (unpaired) electrons. The van der Waals surface area contributed by atoms with E-state index >= 15 is 0 Å². The van der Waals surface area contributed by atoms with Gasteiger partial charge in [-0.05, 0) is 49.2 Å². The summed E-state index contributed by atoms with van der Waals surface area (Å²) in [5, 5.41) is 5.53. The zero-order valence-corrected chi connectivity index (χ0v) is 18.0. The van der Waals surface area contributed by atoms with Gasteiger partial charge in [0.2, 0.25) is 5.91 Å². The van der Waals surface area contributed by atoms with E-state index in [-0.39, 0.29) is 30.7 Å². The molecule has 1 saturated heterocycles. The summed E-state index contributed by atoms with van der Waals surface area (Å²) in [6, 6.07) is 7.78. The first-order valence-electron chi connectivity index (χ1n) is 9.35. The molecule has 158 valence electrons. The van der Waals surface area contributed by atoms with Gasteiger partial charge in [0.15, 0.2) is 0 Å². The lowest BCUT2D eigenvalue weighted by molar-refractivity contribution is -0.125. The van der Waals surface area contributed by atoms with Crippen LogP contribution in [0, 0.1) is 6.92 Å². The summed E-state index contributed by atoms with van der Waals surface area (Å²) in [7, 11) is 0. The third-order valence-corrected chi connectivity index (χ3v) is 5.79. The van der Waals surface area contributed by atoms with E-state index < -0.39 is 6.04 Å². The van der Waals surface area contributed by atoms with Gasteiger partial charge in [-0.3, -0.25) is 14.4 Å². The molecule has 0 spiro atoms. The van der Waals surface area contributed by atoms with Crippen molar-refractivity contribution in [3.05, 3.63) is 57.8 Å². The zero-order chi connectivity index (χ0) is 21.7. The first-order valence-corrected chi connectivity index (χ1v) is 10.5. The molecule has 1 aliphatic heterocycles. The van der Waals surface area contributed by atoms with Crippen molar-refractivity contribution < 1.29 is 19.1 Å². The van der Waals surface area contributed by atoms with Crippen LogP contribution in [0.15, 0.2) is 43.0 Å². The summed E-state index contributed by atoms with van der Waals surface area (Å²) in [4.78, 5) is 39.3. The van der Waals surface area contributed by atoms with E-state index in [1.807, 2.05) is 6.92 Å². The van der Waals surface area contributed by atoms with Crippen molar-refractivity contribution in [2.45, 2.75) is 19.4 Å². The molecule has 1 aromatic heterocycles. The molecule has 7 nitrogen and oxygen atoms in total. The van der Waals surface area contributed by atoms with Crippen LogP contribution in [0.3, 0.4) is 0 Å². The Morgan fingerprint density at radius 2 is 2.17 bits per heavy atom. The molecule has 1 aromatic carbocycles. The van der Waals surface area contributed by atoms with Gasteiger partial charge in [-0.15, -0.1) is 17.9 Å². The van der Waals surface area contributed by atoms with Crippen LogP contribution in [0.1, 0.15) is 21.7 Å². The molecule has 0 aliphatic carbocycles. The minimum absolute atomic E-state index is 0.0658. The number of amides is 3. The van der Waals surface area contributed by atoms with Crippen LogP contribution in [-0.4, -0.2) is 43.5 Å². The average molecular weight is 448 g/mol. The quantitative estimate of drug-likeness (QED) is 0.637. The lowest BCUT2D eigenvalue weighted by Crippen LogP contribution is -2.43. The third kappa shape index (κ3) is 5.27. The standard InChI is InChI=1S/C21H22ClN3O4S/c1-3-4-15(24-21(28)17-7-8-18(22)30-17)20(27)23-14-5-6-16(13(2)11-14)25-9-10-29-12-19(25)26/h3,5-8,11,15H,1,4,9-10,12H2,2H3,(H,23,27)(H,24,28). The van der Waals surface area contributed by atoms with Crippen LogP contribution in [0.25, 0.3) is 0 Å².